The van der Waals surface area contributed by atoms with Gasteiger partial charge < -0.3 is 9.64 Å². The number of fused-ring (bicyclic) bond motifs is 3. The van der Waals surface area contributed by atoms with E-state index in [4.69, 9.17) is 19.7 Å². The second-order valence-electron chi connectivity index (χ2n) is 9.59. The van der Waals surface area contributed by atoms with Crippen LogP contribution in [-0.4, -0.2) is 77.2 Å². The van der Waals surface area contributed by atoms with Gasteiger partial charge in [0.2, 0.25) is 0 Å². The van der Waals surface area contributed by atoms with Gasteiger partial charge in [-0.2, -0.15) is 0 Å². The molecule has 2 fully saturated rings. The monoisotopic (exact) mass is 498 g/mol. The maximum absolute atomic E-state index is 5.54. The number of hydrogen-bond acceptors (Lipinski definition) is 9. The molecule has 0 aromatic carbocycles. The van der Waals surface area contributed by atoms with Crippen LogP contribution in [0.1, 0.15) is 46.7 Å². The van der Waals surface area contributed by atoms with E-state index in [1.807, 2.05) is 11.3 Å². The minimum absolute atomic E-state index is 0.809. The van der Waals surface area contributed by atoms with Gasteiger partial charge in [0.1, 0.15) is 16.5 Å². The fourth-order valence-corrected chi connectivity index (χ4v) is 7.38. The molecule has 0 unspecified atom stereocenters. The van der Waals surface area contributed by atoms with Gasteiger partial charge in [0.15, 0.2) is 0 Å². The van der Waals surface area contributed by atoms with Crippen molar-refractivity contribution >= 4 is 38.7 Å². The summed E-state index contributed by atoms with van der Waals surface area (Å²) in [6, 6.07) is 0. The van der Waals surface area contributed by atoms with Crippen LogP contribution >= 0.6 is 22.7 Å². The average molecular weight is 499 g/mol. The van der Waals surface area contributed by atoms with E-state index in [0.717, 1.165) is 77.8 Å². The molecule has 3 aromatic heterocycles. The molecular weight excluding hydrogens is 464 g/mol. The Morgan fingerprint density at radius 1 is 0.912 bits per heavy atom. The predicted octanol–water partition coefficient (Wildman–Crippen LogP) is 3.74. The number of rotatable bonds is 6. The van der Waals surface area contributed by atoms with Crippen molar-refractivity contribution < 1.29 is 4.74 Å². The van der Waals surface area contributed by atoms with Crippen LogP contribution in [0.15, 0.2) is 5.38 Å². The van der Waals surface area contributed by atoms with Crippen molar-refractivity contribution in [3.8, 4) is 0 Å². The number of anilines is 1. The zero-order valence-electron chi connectivity index (χ0n) is 20.1. The predicted molar refractivity (Wildman–Crippen MR) is 139 cm³/mol. The van der Waals surface area contributed by atoms with E-state index in [9.17, 15) is 0 Å². The Morgan fingerprint density at radius 3 is 2.50 bits per heavy atom. The van der Waals surface area contributed by atoms with Crippen molar-refractivity contribution in [2.45, 2.75) is 52.1 Å². The molecule has 182 valence electrons. The van der Waals surface area contributed by atoms with Crippen molar-refractivity contribution in [2.24, 2.45) is 0 Å². The molecular formula is C25H34N6OS2. The third-order valence-corrected chi connectivity index (χ3v) is 9.50. The first kappa shape index (κ1) is 22.8. The molecule has 34 heavy (non-hydrogen) atoms. The van der Waals surface area contributed by atoms with Crippen molar-refractivity contribution in [2.75, 3.05) is 57.4 Å². The number of aryl methyl sites for hydroxylation is 3. The Hall–Kier alpha value is -1.65. The number of ether oxygens (including phenoxy) is 1. The first-order valence-corrected chi connectivity index (χ1v) is 14.5. The Balaban J connectivity index is 1.24. The molecule has 0 radical (unpaired) electrons. The highest BCUT2D eigenvalue weighted by Gasteiger charge is 2.27. The number of nitrogens with zero attached hydrogens (tertiary/aromatic N) is 6. The van der Waals surface area contributed by atoms with Gasteiger partial charge in [-0.25, -0.2) is 15.0 Å². The van der Waals surface area contributed by atoms with Crippen LogP contribution in [0.3, 0.4) is 0 Å². The number of piperazine rings is 1. The van der Waals surface area contributed by atoms with Gasteiger partial charge in [-0.3, -0.25) is 9.80 Å². The standard InChI is InChI=1S/C25H34N6OS2/c1-2-22-26-18(17-33-22)15-29-7-9-31(10-8-29)24-23-19-5-3-4-6-20(19)34-25(23)28-21(27-24)16-30-11-13-32-14-12-30/h17H,2-16H2,1H3. The number of aromatic nitrogens is 3. The van der Waals surface area contributed by atoms with Gasteiger partial charge >= 0.3 is 0 Å². The summed E-state index contributed by atoms with van der Waals surface area (Å²) in [6.07, 6.45) is 6.00. The van der Waals surface area contributed by atoms with E-state index < -0.39 is 0 Å². The summed E-state index contributed by atoms with van der Waals surface area (Å²) in [7, 11) is 0. The topological polar surface area (TPSA) is 57.6 Å². The Morgan fingerprint density at radius 2 is 1.71 bits per heavy atom. The molecule has 7 nitrogen and oxygen atoms in total. The van der Waals surface area contributed by atoms with Crippen molar-refractivity contribution in [3.63, 3.8) is 0 Å². The third kappa shape index (κ3) is 4.73. The Labute approximate surface area is 209 Å². The van der Waals surface area contributed by atoms with Gasteiger partial charge in [-0.15, -0.1) is 22.7 Å². The lowest BCUT2D eigenvalue weighted by Crippen LogP contribution is -2.46. The summed E-state index contributed by atoms with van der Waals surface area (Å²) in [4.78, 5) is 25.4. The van der Waals surface area contributed by atoms with E-state index in [1.54, 1.807) is 16.2 Å². The zero-order chi connectivity index (χ0) is 22.9. The van der Waals surface area contributed by atoms with Crippen LogP contribution in [0.2, 0.25) is 0 Å². The SMILES string of the molecule is CCc1nc(CN2CCN(c3nc(CN4CCOCC4)nc4sc5c(c34)CCCC5)CC2)cs1. The highest BCUT2D eigenvalue weighted by molar-refractivity contribution is 7.19. The van der Waals surface area contributed by atoms with Crippen LogP contribution in [0.5, 0.6) is 0 Å². The highest BCUT2D eigenvalue weighted by Crippen LogP contribution is 2.40. The second kappa shape index (κ2) is 10.1. The van der Waals surface area contributed by atoms with E-state index in [2.05, 4.69) is 27.0 Å². The molecule has 0 bridgehead atoms. The summed E-state index contributed by atoms with van der Waals surface area (Å²) >= 11 is 3.71. The largest absolute Gasteiger partial charge is 0.379 e. The molecule has 0 saturated carbocycles. The van der Waals surface area contributed by atoms with E-state index in [-0.39, 0.29) is 0 Å². The van der Waals surface area contributed by atoms with Gasteiger partial charge in [-0.05, 0) is 37.7 Å². The zero-order valence-corrected chi connectivity index (χ0v) is 21.7. The molecule has 0 atom stereocenters. The molecule has 3 aliphatic rings. The second-order valence-corrected chi connectivity index (χ2v) is 11.6. The van der Waals surface area contributed by atoms with E-state index >= 15 is 0 Å². The molecule has 3 aromatic rings. The van der Waals surface area contributed by atoms with E-state index in [1.165, 1.54) is 58.0 Å². The molecule has 1 aliphatic carbocycles. The fraction of sp³-hybridized carbons (Fsp3) is 0.640. The lowest BCUT2D eigenvalue weighted by atomic mass is 9.97. The Kier molecular flexibility index (Phi) is 6.80. The number of hydrogen-bond donors (Lipinski definition) is 0. The minimum Gasteiger partial charge on any atom is -0.379 e. The normalized spacial score (nSPS) is 20.2. The van der Waals surface area contributed by atoms with Gasteiger partial charge in [-0.1, -0.05) is 6.92 Å². The van der Waals surface area contributed by atoms with Crippen molar-refractivity contribution in [1.82, 2.24) is 24.8 Å². The third-order valence-electron chi connectivity index (χ3n) is 7.27. The summed E-state index contributed by atoms with van der Waals surface area (Å²) in [5.41, 5.74) is 2.76. The van der Waals surface area contributed by atoms with E-state index in [0.29, 0.717) is 0 Å². The molecule has 2 saturated heterocycles. The molecule has 5 heterocycles. The number of thiophene rings is 1. The number of morpholine rings is 1. The van der Waals surface area contributed by atoms with Crippen LogP contribution in [0.4, 0.5) is 5.82 Å². The molecule has 6 rings (SSSR count). The first-order chi connectivity index (χ1) is 16.8. The maximum atomic E-state index is 5.54. The van der Waals surface area contributed by atoms with Crippen molar-refractivity contribution in [3.05, 3.63) is 32.3 Å². The molecule has 0 N–H and O–H groups in total. The lowest BCUT2D eigenvalue weighted by molar-refractivity contribution is 0.0331. The van der Waals surface area contributed by atoms with Crippen LogP contribution < -0.4 is 4.90 Å². The highest BCUT2D eigenvalue weighted by atomic mass is 32.1. The quantitative estimate of drug-likeness (QED) is 0.513. The van der Waals surface area contributed by atoms with Crippen molar-refractivity contribution in [1.29, 1.82) is 0 Å². The summed E-state index contributed by atoms with van der Waals surface area (Å²) in [5, 5.41) is 4.83. The summed E-state index contributed by atoms with van der Waals surface area (Å²) in [5.74, 6) is 2.16. The van der Waals surface area contributed by atoms with Gasteiger partial charge in [0, 0.05) is 56.1 Å². The Bertz CT molecular complexity index is 1130. The lowest BCUT2D eigenvalue weighted by Gasteiger charge is -2.35. The van der Waals surface area contributed by atoms with Crippen LogP contribution in [0.25, 0.3) is 10.2 Å². The van der Waals surface area contributed by atoms with Gasteiger partial charge in [0.05, 0.1) is 35.8 Å². The minimum atomic E-state index is 0.809. The fourth-order valence-electron chi connectivity index (χ4n) is 5.37. The average Bonchev–Trinajstić information content (AvgIpc) is 3.48. The molecule has 0 amide bonds. The first-order valence-electron chi connectivity index (χ1n) is 12.8. The molecule has 0 spiro atoms. The molecule has 9 heteroatoms. The smallest absolute Gasteiger partial charge is 0.146 e. The maximum Gasteiger partial charge on any atom is 0.146 e. The summed E-state index contributed by atoms with van der Waals surface area (Å²) in [6.45, 7) is 11.6. The van der Waals surface area contributed by atoms with Crippen LogP contribution in [-0.2, 0) is 37.1 Å². The van der Waals surface area contributed by atoms with Gasteiger partial charge in [0.25, 0.3) is 0 Å². The summed E-state index contributed by atoms with van der Waals surface area (Å²) < 4.78 is 5.54. The molecule has 2 aliphatic heterocycles. The van der Waals surface area contributed by atoms with Crippen LogP contribution in [0, 0.1) is 0 Å². The number of thiazole rings is 1.